The van der Waals surface area contributed by atoms with E-state index in [4.69, 9.17) is 10.5 Å². The van der Waals surface area contributed by atoms with Crippen LogP contribution >= 0.6 is 12.4 Å². The fraction of sp³-hybridized carbons (Fsp3) is 0.263. The Balaban J connectivity index is 0.00000240. The van der Waals surface area contributed by atoms with Gasteiger partial charge in [0.25, 0.3) is 0 Å². The van der Waals surface area contributed by atoms with Gasteiger partial charge in [-0.3, -0.25) is 4.90 Å². The smallest absolute Gasteiger partial charge is 0.222 e. The van der Waals surface area contributed by atoms with Crippen LogP contribution in [0.1, 0.15) is 0 Å². The second-order valence-electron chi connectivity index (χ2n) is 6.37. The summed E-state index contributed by atoms with van der Waals surface area (Å²) >= 11 is 0. The zero-order valence-corrected chi connectivity index (χ0v) is 16.3. The van der Waals surface area contributed by atoms with Crippen LogP contribution in [0.4, 0.5) is 20.2 Å². The third-order valence-electron chi connectivity index (χ3n) is 4.45. The van der Waals surface area contributed by atoms with E-state index in [9.17, 15) is 8.78 Å². The van der Waals surface area contributed by atoms with E-state index >= 15 is 0 Å². The van der Waals surface area contributed by atoms with Gasteiger partial charge in [-0.2, -0.15) is 4.99 Å². The van der Waals surface area contributed by atoms with Gasteiger partial charge in [0.1, 0.15) is 11.6 Å². The Morgan fingerprint density at radius 3 is 2.45 bits per heavy atom. The van der Waals surface area contributed by atoms with E-state index in [-0.39, 0.29) is 30.0 Å². The first kappa shape index (κ1) is 20.8. The van der Waals surface area contributed by atoms with Gasteiger partial charge in [0.2, 0.25) is 18.2 Å². The molecule has 3 N–H and O–H groups in total. The predicted molar refractivity (Wildman–Crippen MR) is 111 cm³/mol. The molecule has 2 aliphatic heterocycles. The molecule has 1 saturated heterocycles. The molecule has 0 spiro atoms. The molecule has 0 bridgehead atoms. The fourth-order valence-electron chi connectivity index (χ4n) is 3.15. The van der Waals surface area contributed by atoms with Crippen LogP contribution in [-0.2, 0) is 4.74 Å². The summed E-state index contributed by atoms with van der Waals surface area (Å²) in [5.41, 5.74) is 7.19. The lowest BCUT2D eigenvalue weighted by atomic mass is 10.2. The van der Waals surface area contributed by atoms with Crippen molar-refractivity contribution in [1.29, 1.82) is 0 Å². The predicted octanol–water partition coefficient (Wildman–Crippen LogP) is 2.61. The number of rotatable bonds is 3. The minimum atomic E-state index is -0.678. The molecule has 2 aliphatic rings. The van der Waals surface area contributed by atoms with Crippen LogP contribution < -0.4 is 16.0 Å². The highest BCUT2D eigenvalue weighted by molar-refractivity contribution is 6.06. The number of nitrogens with zero attached hydrogens (tertiary/aromatic N) is 4. The topological polar surface area (TPSA) is 78.5 Å². The maximum Gasteiger partial charge on any atom is 0.222 e. The molecule has 0 radical (unpaired) electrons. The number of guanidine groups is 2. The summed E-state index contributed by atoms with van der Waals surface area (Å²) < 4.78 is 32.5. The number of morpholine rings is 1. The Morgan fingerprint density at radius 1 is 1.03 bits per heavy atom. The summed E-state index contributed by atoms with van der Waals surface area (Å²) in [7, 11) is 0. The molecule has 0 aromatic heterocycles. The van der Waals surface area contributed by atoms with Crippen molar-refractivity contribution in [1.82, 2.24) is 4.90 Å². The zero-order chi connectivity index (χ0) is 19.5. The first-order valence-corrected chi connectivity index (χ1v) is 8.92. The Bertz CT molecular complexity index is 902. The summed E-state index contributed by atoms with van der Waals surface area (Å²) in [5.74, 6) is -0.0264. The van der Waals surface area contributed by atoms with Gasteiger partial charge in [-0.15, -0.1) is 12.4 Å². The number of anilines is 2. The van der Waals surface area contributed by atoms with Crippen molar-refractivity contribution in [2.45, 2.75) is 6.29 Å². The van der Waals surface area contributed by atoms with Crippen molar-refractivity contribution < 1.29 is 13.5 Å². The molecule has 2 aromatic rings. The number of benzene rings is 2. The molecule has 4 rings (SSSR count). The highest BCUT2D eigenvalue weighted by Crippen LogP contribution is 2.25. The molecule has 154 valence electrons. The minimum absolute atomic E-state index is 0. The second kappa shape index (κ2) is 9.06. The largest absolute Gasteiger partial charge is 0.378 e. The monoisotopic (exact) mass is 422 g/mol. The molecule has 7 nitrogen and oxygen atoms in total. The number of hydrogen-bond donors (Lipinski definition) is 2. The van der Waals surface area contributed by atoms with Crippen LogP contribution in [0.2, 0.25) is 0 Å². The van der Waals surface area contributed by atoms with Gasteiger partial charge in [0, 0.05) is 24.5 Å². The van der Waals surface area contributed by atoms with Crippen molar-refractivity contribution in [3.63, 3.8) is 0 Å². The standard InChI is InChI=1S/C19H20F2N6O.ClH/c20-13-4-6-16(7-5-13)27-18(23-15-3-1-2-14(21)12-15)24-17(22)25-19(27)26-8-10-28-11-9-26;/h1-7,12,18,23H,8-11H2,(H2,22,24);1H. The summed E-state index contributed by atoms with van der Waals surface area (Å²) in [6, 6.07) is 12.1. The van der Waals surface area contributed by atoms with Crippen molar-refractivity contribution in [3.05, 3.63) is 60.2 Å². The Morgan fingerprint density at radius 2 is 1.76 bits per heavy atom. The van der Waals surface area contributed by atoms with E-state index < -0.39 is 6.29 Å². The van der Waals surface area contributed by atoms with Crippen LogP contribution in [0, 0.1) is 11.6 Å². The maximum absolute atomic E-state index is 13.6. The van der Waals surface area contributed by atoms with Gasteiger partial charge in [0.05, 0.1) is 13.2 Å². The van der Waals surface area contributed by atoms with Crippen molar-refractivity contribution in [2.75, 3.05) is 36.5 Å². The summed E-state index contributed by atoms with van der Waals surface area (Å²) in [6.07, 6.45) is -0.678. The van der Waals surface area contributed by atoms with Gasteiger partial charge in [-0.25, -0.2) is 13.8 Å². The molecule has 2 aromatic carbocycles. The lowest BCUT2D eigenvalue weighted by molar-refractivity contribution is 0.0671. The number of aliphatic imine (C=N–C) groups is 2. The molecule has 10 heteroatoms. The van der Waals surface area contributed by atoms with E-state index in [1.807, 2.05) is 9.80 Å². The van der Waals surface area contributed by atoms with Crippen LogP contribution in [-0.4, -0.2) is 49.4 Å². The summed E-state index contributed by atoms with van der Waals surface area (Å²) in [4.78, 5) is 12.7. The van der Waals surface area contributed by atoms with E-state index in [0.717, 1.165) is 0 Å². The quantitative estimate of drug-likeness (QED) is 0.795. The fourth-order valence-corrected chi connectivity index (χ4v) is 3.15. The summed E-state index contributed by atoms with van der Waals surface area (Å²) in [6.45, 7) is 2.40. The maximum atomic E-state index is 13.6. The van der Waals surface area contributed by atoms with E-state index in [1.165, 1.54) is 24.3 Å². The molecule has 1 fully saturated rings. The van der Waals surface area contributed by atoms with Gasteiger partial charge in [0.15, 0.2) is 0 Å². The minimum Gasteiger partial charge on any atom is -0.378 e. The van der Waals surface area contributed by atoms with Gasteiger partial charge in [-0.1, -0.05) is 6.07 Å². The summed E-state index contributed by atoms with van der Waals surface area (Å²) in [5, 5.41) is 3.17. The molecular weight excluding hydrogens is 402 g/mol. The second-order valence-corrected chi connectivity index (χ2v) is 6.37. The van der Waals surface area contributed by atoms with E-state index in [0.29, 0.717) is 43.6 Å². The SMILES string of the molecule is Cl.NC1=NC(Nc2cccc(F)c2)N(c2ccc(F)cc2)C(N2CCOCC2)=N1. The first-order valence-electron chi connectivity index (χ1n) is 8.92. The molecule has 2 heterocycles. The molecule has 1 unspecified atom stereocenters. The molecule has 0 saturated carbocycles. The Hall–Kier alpha value is -2.91. The molecule has 29 heavy (non-hydrogen) atoms. The first-order chi connectivity index (χ1) is 13.6. The highest BCUT2D eigenvalue weighted by atomic mass is 35.5. The van der Waals surface area contributed by atoms with Crippen molar-refractivity contribution in [3.8, 4) is 0 Å². The van der Waals surface area contributed by atoms with Gasteiger partial charge >= 0.3 is 0 Å². The van der Waals surface area contributed by atoms with Crippen LogP contribution in [0.15, 0.2) is 58.5 Å². The van der Waals surface area contributed by atoms with Crippen LogP contribution in [0.3, 0.4) is 0 Å². The van der Waals surface area contributed by atoms with Gasteiger partial charge in [-0.05, 0) is 42.5 Å². The van der Waals surface area contributed by atoms with Crippen molar-refractivity contribution in [2.24, 2.45) is 15.7 Å². The normalized spacial score (nSPS) is 19.2. The molecule has 0 amide bonds. The highest BCUT2D eigenvalue weighted by Gasteiger charge is 2.32. The Labute approximate surface area is 173 Å². The lowest BCUT2D eigenvalue weighted by Crippen LogP contribution is -2.57. The average Bonchev–Trinajstić information content (AvgIpc) is 2.69. The molecular formula is C19H21ClF2N6O. The average molecular weight is 423 g/mol. The number of ether oxygens (including phenoxy) is 1. The van der Waals surface area contributed by atoms with Gasteiger partial charge < -0.3 is 20.7 Å². The van der Waals surface area contributed by atoms with E-state index in [1.54, 1.807) is 24.3 Å². The Kier molecular flexibility index (Phi) is 6.50. The van der Waals surface area contributed by atoms with Crippen LogP contribution in [0.5, 0.6) is 0 Å². The molecule has 1 atom stereocenters. The number of hydrogen-bond acceptors (Lipinski definition) is 7. The third kappa shape index (κ3) is 4.75. The lowest BCUT2D eigenvalue weighted by Gasteiger charge is -2.41. The number of nitrogens with one attached hydrogen (secondary N) is 1. The number of halogens is 3. The van der Waals surface area contributed by atoms with E-state index in [2.05, 4.69) is 15.3 Å². The zero-order valence-electron chi connectivity index (χ0n) is 15.5. The van der Waals surface area contributed by atoms with Crippen molar-refractivity contribution >= 4 is 35.7 Å². The third-order valence-corrected chi connectivity index (χ3v) is 4.45. The molecule has 0 aliphatic carbocycles. The van der Waals surface area contributed by atoms with Crippen LogP contribution in [0.25, 0.3) is 0 Å². The number of nitrogens with two attached hydrogens (primary N) is 1.